The normalized spacial score (nSPS) is 19.5. The van der Waals surface area contributed by atoms with Crippen LogP contribution in [0.1, 0.15) is 37.3 Å². The average molecular weight is 253 g/mol. The quantitative estimate of drug-likeness (QED) is 0.828. The highest BCUT2D eigenvalue weighted by atomic mass is 32.1. The number of fused-ring (bicyclic) bond motifs is 1. The number of hydrogen-bond acceptors (Lipinski definition) is 3. The second-order valence-electron chi connectivity index (χ2n) is 4.67. The van der Waals surface area contributed by atoms with Crippen LogP contribution in [0.4, 0.5) is 0 Å². The number of amides is 1. The smallest absolute Gasteiger partial charge is 0.249 e. The van der Waals surface area contributed by atoms with Crippen molar-refractivity contribution in [1.82, 2.24) is 4.90 Å². The molecule has 2 rings (SSSR count). The van der Waals surface area contributed by atoms with E-state index in [1.807, 2.05) is 18.7 Å². The highest BCUT2D eigenvalue weighted by Gasteiger charge is 2.28. The Morgan fingerprint density at radius 2 is 2.41 bits per heavy atom. The molecule has 1 atom stereocenters. The summed E-state index contributed by atoms with van der Waals surface area (Å²) in [6, 6.07) is 2.32. The molecule has 4 heteroatoms. The molecule has 0 radical (unpaired) electrons. The zero-order valence-corrected chi connectivity index (χ0v) is 11.4. The summed E-state index contributed by atoms with van der Waals surface area (Å²) in [6.45, 7) is 7.00. The molecular formula is C13H19NO2S. The van der Waals surface area contributed by atoms with Gasteiger partial charge in [0, 0.05) is 11.4 Å². The van der Waals surface area contributed by atoms with Gasteiger partial charge in [-0.15, -0.1) is 11.3 Å². The molecule has 0 saturated carbocycles. The van der Waals surface area contributed by atoms with E-state index in [2.05, 4.69) is 18.4 Å². The maximum absolute atomic E-state index is 12.0. The monoisotopic (exact) mass is 253 g/mol. The van der Waals surface area contributed by atoms with E-state index in [1.165, 1.54) is 10.4 Å². The Balaban J connectivity index is 2.02. The van der Waals surface area contributed by atoms with Gasteiger partial charge in [-0.3, -0.25) is 4.79 Å². The van der Waals surface area contributed by atoms with Crippen molar-refractivity contribution >= 4 is 17.2 Å². The van der Waals surface area contributed by atoms with Crippen molar-refractivity contribution in [2.75, 3.05) is 13.2 Å². The molecular weight excluding hydrogens is 234 g/mol. The van der Waals surface area contributed by atoms with Crippen LogP contribution in [0.3, 0.4) is 0 Å². The van der Waals surface area contributed by atoms with E-state index in [1.54, 1.807) is 11.3 Å². The van der Waals surface area contributed by atoms with Crippen molar-refractivity contribution in [3.05, 3.63) is 21.9 Å². The molecule has 3 nitrogen and oxygen atoms in total. The lowest BCUT2D eigenvalue weighted by atomic mass is 10.0. The Kier molecular flexibility index (Phi) is 3.84. The van der Waals surface area contributed by atoms with Crippen molar-refractivity contribution in [3.8, 4) is 0 Å². The molecule has 1 amide bonds. The lowest BCUT2D eigenvalue weighted by Gasteiger charge is -2.33. The second-order valence-corrected chi connectivity index (χ2v) is 5.67. The summed E-state index contributed by atoms with van der Waals surface area (Å²) in [5.74, 6) is 0.100. The van der Waals surface area contributed by atoms with Gasteiger partial charge in [-0.2, -0.15) is 0 Å². The highest BCUT2D eigenvalue weighted by molar-refractivity contribution is 7.10. The summed E-state index contributed by atoms with van der Waals surface area (Å²) in [5.41, 5.74) is 1.30. The van der Waals surface area contributed by atoms with Crippen molar-refractivity contribution < 1.29 is 9.53 Å². The largest absolute Gasteiger partial charge is 0.369 e. The fraction of sp³-hybridized carbons (Fsp3) is 0.615. The van der Waals surface area contributed by atoms with Crippen LogP contribution in [0.15, 0.2) is 11.4 Å². The van der Waals surface area contributed by atoms with Gasteiger partial charge in [-0.1, -0.05) is 0 Å². The van der Waals surface area contributed by atoms with Crippen molar-refractivity contribution in [1.29, 1.82) is 0 Å². The molecule has 0 fully saturated rings. The Morgan fingerprint density at radius 1 is 1.65 bits per heavy atom. The third-order valence-electron chi connectivity index (χ3n) is 3.14. The van der Waals surface area contributed by atoms with Gasteiger partial charge in [0.1, 0.15) is 6.61 Å². The van der Waals surface area contributed by atoms with Crippen molar-refractivity contribution in [3.63, 3.8) is 0 Å². The summed E-state index contributed by atoms with van der Waals surface area (Å²) in [7, 11) is 0. The number of hydrogen-bond donors (Lipinski definition) is 0. The Bertz CT molecular complexity index is 400. The molecule has 1 aromatic heterocycles. The topological polar surface area (TPSA) is 29.5 Å². The van der Waals surface area contributed by atoms with E-state index < -0.39 is 0 Å². The molecule has 0 spiro atoms. The molecule has 2 heterocycles. The summed E-state index contributed by atoms with van der Waals surface area (Å²) >= 11 is 1.79. The molecule has 0 N–H and O–H groups in total. The molecule has 94 valence electrons. The third-order valence-corrected chi connectivity index (χ3v) is 4.13. The number of ether oxygens (including phenoxy) is 1. The van der Waals surface area contributed by atoms with Crippen molar-refractivity contribution in [2.45, 2.75) is 39.3 Å². The standard InChI is InChI=1S/C13H19NO2S/c1-9(2)16-8-13(15)14-6-4-12-11(10(14)3)5-7-17-12/h5,7,9-10H,4,6,8H2,1-3H3. The van der Waals surface area contributed by atoms with Gasteiger partial charge < -0.3 is 9.64 Å². The van der Waals surface area contributed by atoms with E-state index in [4.69, 9.17) is 4.74 Å². The zero-order valence-electron chi connectivity index (χ0n) is 10.6. The first-order valence-corrected chi connectivity index (χ1v) is 6.95. The van der Waals surface area contributed by atoms with E-state index in [0.717, 1.165) is 13.0 Å². The minimum absolute atomic E-state index is 0.100. The number of nitrogens with zero attached hydrogens (tertiary/aromatic N) is 1. The van der Waals surface area contributed by atoms with Crippen LogP contribution in [0.2, 0.25) is 0 Å². The molecule has 0 aliphatic carbocycles. The van der Waals surface area contributed by atoms with Crippen LogP contribution < -0.4 is 0 Å². The summed E-state index contributed by atoms with van der Waals surface area (Å²) < 4.78 is 5.39. The Hall–Kier alpha value is -0.870. The van der Waals surface area contributed by atoms with Gasteiger partial charge in [-0.25, -0.2) is 0 Å². The number of carbonyl (C=O) groups is 1. The van der Waals surface area contributed by atoms with Gasteiger partial charge in [0.25, 0.3) is 0 Å². The first kappa shape index (κ1) is 12.6. The molecule has 0 aromatic carbocycles. The van der Waals surface area contributed by atoms with Crippen LogP contribution >= 0.6 is 11.3 Å². The van der Waals surface area contributed by atoms with E-state index in [-0.39, 0.29) is 24.7 Å². The fourth-order valence-electron chi connectivity index (χ4n) is 2.17. The fourth-order valence-corrected chi connectivity index (χ4v) is 3.13. The van der Waals surface area contributed by atoms with E-state index >= 15 is 0 Å². The zero-order chi connectivity index (χ0) is 12.4. The molecule has 1 aliphatic heterocycles. The molecule has 0 saturated heterocycles. The molecule has 1 aliphatic rings. The van der Waals surface area contributed by atoms with Crippen LogP contribution in [0, 0.1) is 0 Å². The predicted octanol–water partition coefficient (Wildman–Crippen LogP) is 2.62. The van der Waals surface area contributed by atoms with Gasteiger partial charge in [0.15, 0.2) is 0 Å². The maximum Gasteiger partial charge on any atom is 0.249 e. The Labute approximate surface area is 106 Å². The maximum atomic E-state index is 12.0. The molecule has 17 heavy (non-hydrogen) atoms. The van der Waals surface area contributed by atoms with Gasteiger partial charge in [0.05, 0.1) is 12.1 Å². The van der Waals surface area contributed by atoms with Gasteiger partial charge in [0.2, 0.25) is 5.91 Å². The van der Waals surface area contributed by atoms with E-state index in [9.17, 15) is 4.79 Å². The summed E-state index contributed by atoms with van der Waals surface area (Å²) in [5, 5.41) is 2.11. The predicted molar refractivity (Wildman–Crippen MR) is 69.2 cm³/mol. The number of thiophene rings is 1. The van der Waals surface area contributed by atoms with Gasteiger partial charge >= 0.3 is 0 Å². The van der Waals surface area contributed by atoms with E-state index in [0.29, 0.717) is 0 Å². The molecule has 1 unspecified atom stereocenters. The summed E-state index contributed by atoms with van der Waals surface area (Å²) in [4.78, 5) is 15.4. The van der Waals surface area contributed by atoms with Crippen LogP contribution in [-0.2, 0) is 16.0 Å². The minimum Gasteiger partial charge on any atom is -0.369 e. The SMILES string of the molecule is CC(C)OCC(=O)N1CCc2sccc2C1C. The van der Waals surface area contributed by atoms with Crippen molar-refractivity contribution in [2.24, 2.45) is 0 Å². The Morgan fingerprint density at radius 3 is 3.12 bits per heavy atom. The first-order chi connectivity index (χ1) is 8.09. The van der Waals surface area contributed by atoms with Crippen LogP contribution in [0.25, 0.3) is 0 Å². The molecule has 0 bridgehead atoms. The second kappa shape index (κ2) is 5.19. The minimum atomic E-state index is 0.100. The lowest BCUT2D eigenvalue weighted by molar-refractivity contribution is -0.140. The first-order valence-electron chi connectivity index (χ1n) is 6.07. The lowest BCUT2D eigenvalue weighted by Crippen LogP contribution is -2.40. The average Bonchev–Trinajstić information content (AvgIpc) is 2.75. The summed E-state index contributed by atoms with van der Waals surface area (Å²) in [6.07, 6.45) is 1.08. The van der Waals surface area contributed by atoms with Crippen LogP contribution in [0.5, 0.6) is 0 Å². The number of carbonyl (C=O) groups excluding carboxylic acids is 1. The third kappa shape index (κ3) is 2.69. The highest BCUT2D eigenvalue weighted by Crippen LogP contribution is 2.32. The number of rotatable bonds is 3. The van der Waals surface area contributed by atoms with Crippen LogP contribution in [-0.4, -0.2) is 30.1 Å². The van der Waals surface area contributed by atoms with Gasteiger partial charge in [-0.05, 0) is 44.2 Å². The molecule has 1 aromatic rings.